The fourth-order valence-electron chi connectivity index (χ4n) is 2.52. The van der Waals surface area contributed by atoms with Gasteiger partial charge in [0.05, 0.1) is 30.9 Å². The van der Waals surface area contributed by atoms with Gasteiger partial charge in [0.1, 0.15) is 5.75 Å². The fourth-order valence-corrected chi connectivity index (χ4v) is 5.36. The van der Waals surface area contributed by atoms with Crippen molar-refractivity contribution in [1.82, 2.24) is 4.90 Å². The van der Waals surface area contributed by atoms with Crippen molar-refractivity contribution in [1.29, 1.82) is 0 Å². The minimum atomic E-state index is -0.0857. The Balaban J connectivity index is 1.93. The second-order valence-electron chi connectivity index (χ2n) is 5.83. The Morgan fingerprint density at radius 2 is 1.89 bits per heavy atom. The highest BCUT2D eigenvalue weighted by Gasteiger charge is 2.33. The summed E-state index contributed by atoms with van der Waals surface area (Å²) in [4.78, 5) is 19.9. The van der Waals surface area contributed by atoms with Crippen LogP contribution in [0.15, 0.2) is 52.4 Å². The van der Waals surface area contributed by atoms with E-state index in [1.165, 1.54) is 11.8 Å². The molecule has 0 unspecified atom stereocenters. The third-order valence-electron chi connectivity index (χ3n) is 3.87. The minimum absolute atomic E-state index is 0.0857. The molecule has 1 N–H and O–H groups in total. The number of benzene rings is 2. The average Bonchev–Trinajstić information content (AvgIpc) is 2.96. The largest absolute Gasteiger partial charge is 0.506 e. The van der Waals surface area contributed by atoms with Crippen LogP contribution in [0.5, 0.6) is 5.75 Å². The Hall–Kier alpha value is -1.11. The summed E-state index contributed by atoms with van der Waals surface area (Å²) in [6.45, 7) is 3.44. The van der Waals surface area contributed by atoms with Crippen LogP contribution in [0, 0.1) is 7.14 Å². The zero-order chi connectivity index (χ0) is 20.1. The maximum absolute atomic E-state index is 13.0. The third-order valence-corrected chi connectivity index (χ3v) is 6.52. The Bertz CT molecular complexity index is 909. The third kappa shape index (κ3) is 5.28. The van der Waals surface area contributed by atoms with Gasteiger partial charge >= 0.3 is 0 Å². The first kappa shape index (κ1) is 21.6. The summed E-state index contributed by atoms with van der Waals surface area (Å²) in [5, 5.41) is 10.6. The first-order valence-electron chi connectivity index (χ1n) is 8.60. The summed E-state index contributed by atoms with van der Waals surface area (Å²) >= 11 is 5.53. The first-order valence-corrected chi connectivity index (χ1v) is 11.6. The molecule has 1 amide bonds. The first-order chi connectivity index (χ1) is 13.5. The van der Waals surface area contributed by atoms with E-state index in [1.807, 2.05) is 55.5 Å². The Kier molecular flexibility index (Phi) is 7.77. The molecule has 5 nitrogen and oxygen atoms in total. The molecule has 1 fully saturated rings. The number of carbonyl (C=O) groups is 1. The molecule has 1 aliphatic heterocycles. The highest BCUT2D eigenvalue weighted by Crippen LogP contribution is 2.35. The zero-order valence-corrected chi connectivity index (χ0v) is 20.2. The van der Waals surface area contributed by atoms with Crippen LogP contribution in [-0.4, -0.2) is 40.8 Å². The molecule has 8 heteroatoms. The van der Waals surface area contributed by atoms with Crippen molar-refractivity contribution in [3.8, 4) is 5.75 Å². The van der Waals surface area contributed by atoms with Crippen LogP contribution in [0.3, 0.4) is 0 Å². The lowest BCUT2D eigenvalue weighted by atomic mass is 10.2. The monoisotopic (exact) mass is 620 g/mol. The second-order valence-corrected chi connectivity index (χ2v) is 9.16. The number of ether oxygens (including phenoxy) is 1. The van der Waals surface area contributed by atoms with Crippen molar-refractivity contribution in [2.45, 2.75) is 6.92 Å². The smallest absolute Gasteiger partial charge is 0.266 e. The van der Waals surface area contributed by atoms with Gasteiger partial charge in [-0.1, -0.05) is 18.2 Å². The average molecular weight is 620 g/mol. The van der Waals surface area contributed by atoms with Gasteiger partial charge in [0, 0.05) is 6.61 Å². The molecule has 0 radical (unpaired) electrons. The normalized spacial score (nSPS) is 17.1. The van der Waals surface area contributed by atoms with E-state index in [-0.39, 0.29) is 11.7 Å². The lowest BCUT2D eigenvalue weighted by molar-refractivity contribution is -0.122. The van der Waals surface area contributed by atoms with Gasteiger partial charge in [-0.15, -0.1) is 0 Å². The molecule has 0 aliphatic carbocycles. The van der Waals surface area contributed by atoms with Crippen molar-refractivity contribution < 1.29 is 14.6 Å². The van der Waals surface area contributed by atoms with Crippen LogP contribution in [-0.2, 0) is 9.53 Å². The van der Waals surface area contributed by atoms with Crippen molar-refractivity contribution in [2.75, 3.05) is 19.8 Å². The van der Waals surface area contributed by atoms with Crippen LogP contribution in [0.1, 0.15) is 12.5 Å². The Labute approximate surface area is 195 Å². The predicted molar refractivity (Wildman–Crippen MR) is 131 cm³/mol. The van der Waals surface area contributed by atoms with Gasteiger partial charge in [-0.3, -0.25) is 9.69 Å². The standard InChI is InChI=1S/C20H18I2N2O3S/c1-2-27-9-8-24-19(26)17(12-13-10-15(21)18(25)16(22)11-13)28-20(24)23-14-6-4-3-5-7-14/h3-7,10-12,25H,2,8-9H2,1H3/b17-12-,23-20?. The summed E-state index contributed by atoms with van der Waals surface area (Å²) in [6, 6.07) is 13.3. The zero-order valence-electron chi connectivity index (χ0n) is 15.1. The minimum Gasteiger partial charge on any atom is -0.506 e. The van der Waals surface area contributed by atoms with E-state index >= 15 is 0 Å². The molecule has 0 saturated carbocycles. The Morgan fingerprint density at radius 3 is 2.54 bits per heavy atom. The van der Waals surface area contributed by atoms with Gasteiger partial charge in [-0.05, 0) is 99.8 Å². The molecule has 0 aromatic heterocycles. The van der Waals surface area contributed by atoms with E-state index in [0.29, 0.717) is 29.8 Å². The van der Waals surface area contributed by atoms with Crippen molar-refractivity contribution >= 4 is 79.8 Å². The summed E-state index contributed by atoms with van der Waals surface area (Å²) in [5.74, 6) is 0.177. The number of amides is 1. The lowest BCUT2D eigenvalue weighted by Crippen LogP contribution is -2.32. The maximum Gasteiger partial charge on any atom is 0.266 e. The quantitative estimate of drug-likeness (QED) is 0.273. The number of para-hydroxylation sites is 1. The van der Waals surface area contributed by atoms with E-state index < -0.39 is 0 Å². The number of rotatable bonds is 6. The molecule has 1 saturated heterocycles. The second kappa shape index (κ2) is 10.1. The van der Waals surface area contributed by atoms with Gasteiger partial charge in [0.2, 0.25) is 0 Å². The van der Waals surface area contributed by atoms with Crippen LogP contribution in [0.4, 0.5) is 5.69 Å². The molecule has 3 rings (SSSR count). The van der Waals surface area contributed by atoms with E-state index in [2.05, 4.69) is 50.2 Å². The maximum atomic E-state index is 13.0. The van der Waals surface area contributed by atoms with Gasteiger partial charge in [-0.2, -0.15) is 0 Å². The van der Waals surface area contributed by atoms with Crippen LogP contribution >= 0.6 is 56.9 Å². The molecule has 2 aromatic carbocycles. The number of aliphatic imine (C=N–C) groups is 1. The number of hydrogen-bond donors (Lipinski definition) is 1. The van der Waals surface area contributed by atoms with Gasteiger partial charge in [-0.25, -0.2) is 4.99 Å². The number of hydrogen-bond acceptors (Lipinski definition) is 5. The number of carbonyl (C=O) groups excluding carboxylic acids is 1. The van der Waals surface area contributed by atoms with Crippen LogP contribution in [0.2, 0.25) is 0 Å². The molecular formula is C20H18I2N2O3S. The van der Waals surface area contributed by atoms with E-state index in [4.69, 9.17) is 4.74 Å². The molecular weight excluding hydrogens is 602 g/mol. The van der Waals surface area contributed by atoms with Gasteiger partial charge in [0.25, 0.3) is 5.91 Å². The summed E-state index contributed by atoms with van der Waals surface area (Å²) in [6.07, 6.45) is 1.85. The number of halogens is 2. The van der Waals surface area contributed by atoms with E-state index in [0.717, 1.165) is 18.4 Å². The van der Waals surface area contributed by atoms with Gasteiger partial charge < -0.3 is 9.84 Å². The van der Waals surface area contributed by atoms with Gasteiger partial charge in [0.15, 0.2) is 5.17 Å². The Morgan fingerprint density at radius 1 is 1.21 bits per heavy atom. The molecule has 28 heavy (non-hydrogen) atoms. The van der Waals surface area contributed by atoms with Crippen LogP contribution < -0.4 is 0 Å². The van der Waals surface area contributed by atoms with Crippen molar-refractivity contribution in [2.24, 2.45) is 4.99 Å². The number of amidine groups is 1. The van der Waals surface area contributed by atoms with Crippen molar-refractivity contribution in [3.05, 3.63) is 60.1 Å². The topological polar surface area (TPSA) is 62.1 Å². The molecule has 1 heterocycles. The van der Waals surface area contributed by atoms with E-state index in [9.17, 15) is 9.90 Å². The lowest BCUT2D eigenvalue weighted by Gasteiger charge is -2.15. The fraction of sp³-hybridized carbons (Fsp3) is 0.200. The summed E-state index contributed by atoms with van der Waals surface area (Å²) < 4.78 is 6.93. The molecule has 0 spiro atoms. The highest BCUT2D eigenvalue weighted by molar-refractivity contribution is 14.1. The molecule has 146 valence electrons. The summed E-state index contributed by atoms with van der Waals surface area (Å²) in [5.41, 5.74) is 1.67. The summed E-state index contributed by atoms with van der Waals surface area (Å²) in [7, 11) is 0. The number of phenols is 1. The highest BCUT2D eigenvalue weighted by atomic mass is 127. The SMILES string of the molecule is CCOCCN1C(=O)/C(=C/c2cc(I)c(O)c(I)c2)SC1=Nc1ccccc1. The number of phenolic OH excluding ortho intramolecular Hbond substituents is 1. The predicted octanol–water partition coefficient (Wildman–Crippen LogP) is 5.24. The van der Waals surface area contributed by atoms with E-state index in [1.54, 1.807) is 4.90 Å². The molecule has 1 aliphatic rings. The molecule has 2 aromatic rings. The molecule has 0 bridgehead atoms. The van der Waals surface area contributed by atoms with Crippen molar-refractivity contribution in [3.63, 3.8) is 0 Å². The number of nitrogens with zero attached hydrogens (tertiary/aromatic N) is 2. The van der Waals surface area contributed by atoms with Crippen LogP contribution in [0.25, 0.3) is 6.08 Å². The number of thioether (sulfide) groups is 1. The number of aromatic hydroxyl groups is 1. The molecule has 0 atom stereocenters.